The van der Waals surface area contributed by atoms with Crippen LogP contribution in [0.4, 0.5) is 4.79 Å². The average molecular weight is 145 g/mol. The van der Waals surface area contributed by atoms with Crippen molar-refractivity contribution in [3.63, 3.8) is 0 Å². The Balaban J connectivity index is 2.07. The third kappa shape index (κ3) is 2.23. The van der Waals surface area contributed by atoms with Gasteiger partial charge in [-0.1, -0.05) is 0 Å². The van der Waals surface area contributed by atoms with E-state index >= 15 is 0 Å². The molecule has 0 spiro atoms. The number of carbonyl (C=O) groups is 1. The standard InChI is InChI=1S/C6H11NO3/c8-6(9)7-3-5-1-2-10-4-5/h5,7H,1-4H2,(H,8,9). The predicted octanol–water partition coefficient (Wildman–Crippen LogP) is 0.290. The molecule has 4 nitrogen and oxygen atoms in total. The van der Waals surface area contributed by atoms with Gasteiger partial charge in [-0.15, -0.1) is 0 Å². The fourth-order valence-electron chi connectivity index (χ4n) is 0.976. The Bertz CT molecular complexity index is 120. The Hall–Kier alpha value is -0.770. The largest absolute Gasteiger partial charge is 0.465 e. The van der Waals surface area contributed by atoms with Crippen LogP contribution in [-0.2, 0) is 4.74 Å². The van der Waals surface area contributed by atoms with Gasteiger partial charge in [0.2, 0.25) is 0 Å². The van der Waals surface area contributed by atoms with Crippen LogP contribution in [0.5, 0.6) is 0 Å². The topological polar surface area (TPSA) is 58.6 Å². The van der Waals surface area contributed by atoms with E-state index in [1.54, 1.807) is 0 Å². The van der Waals surface area contributed by atoms with E-state index in [0.717, 1.165) is 13.0 Å². The minimum Gasteiger partial charge on any atom is -0.465 e. The van der Waals surface area contributed by atoms with Crippen LogP contribution in [0.1, 0.15) is 6.42 Å². The molecule has 1 fully saturated rings. The highest BCUT2D eigenvalue weighted by molar-refractivity contribution is 5.64. The smallest absolute Gasteiger partial charge is 0.404 e. The second kappa shape index (κ2) is 3.41. The molecule has 0 aliphatic carbocycles. The first kappa shape index (κ1) is 7.34. The zero-order chi connectivity index (χ0) is 7.40. The summed E-state index contributed by atoms with van der Waals surface area (Å²) in [5.41, 5.74) is 0. The summed E-state index contributed by atoms with van der Waals surface area (Å²) in [6, 6.07) is 0. The van der Waals surface area contributed by atoms with Crippen molar-refractivity contribution in [1.82, 2.24) is 5.32 Å². The van der Waals surface area contributed by atoms with E-state index in [1.165, 1.54) is 0 Å². The Morgan fingerprint density at radius 1 is 1.80 bits per heavy atom. The first-order chi connectivity index (χ1) is 4.79. The molecule has 10 heavy (non-hydrogen) atoms. The lowest BCUT2D eigenvalue weighted by molar-refractivity contribution is 0.179. The van der Waals surface area contributed by atoms with E-state index < -0.39 is 6.09 Å². The van der Waals surface area contributed by atoms with Gasteiger partial charge in [0.05, 0.1) is 6.61 Å². The third-order valence-corrected chi connectivity index (χ3v) is 1.57. The van der Waals surface area contributed by atoms with Crippen LogP contribution < -0.4 is 5.32 Å². The summed E-state index contributed by atoms with van der Waals surface area (Å²) in [6.07, 6.45) is 0.0206. The molecule has 2 N–H and O–H groups in total. The Labute approximate surface area is 59.2 Å². The summed E-state index contributed by atoms with van der Waals surface area (Å²) in [6.45, 7) is 1.99. The van der Waals surface area contributed by atoms with Crippen molar-refractivity contribution in [2.24, 2.45) is 5.92 Å². The lowest BCUT2D eigenvalue weighted by Gasteiger charge is -2.05. The van der Waals surface area contributed by atoms with Gasteiger partial charge in [-0.05, 0) is 6.42 Å². The molecule has 58 valence electrons. The number of nitrogens with one attached hydrogen (secondary N) is 1. The Kier molecular flexibility index (Phi) is 2.50. The summed E-state index contributed by atoms with van der Waals surface area (Å²) in [7, 11) is 0. The quantitative estimate of drug-likeness (QED) is 0.587. The van der Waals surface area contributed by atoms with Crippen molar-refractivity contribution in [2.45, 2.75) is 6.42 Å². The van der Waals surface area contributed by atoms with Gasteiger partial charge >= 0.3 is 6.09 Å². The van der Waals surface area contributed by atoms with Crippen LogP contribution in [0.3, 0.4) is 0 Å². The molecule has 0 saturated carbocycles. The maximum atomic E-state index is 10.0. The first-order valence-electron chi connectivity index (χ1n) is 3.33. The molecular weight excluding hydrogens is 134 g/mol. The first-order valence-corrected chi connectivity index (χ1v) is 3.33. The summed E-state index contributed by atoms with van der Waals surface area (Å²) in [4.78, 5) is 10.0. The molecule has 1 rings (SSSR count). The van der Waals surface area contributed by atoms with E-state index in [9.17, 15) is 4.79 Å². The molecular formula is C6H11NO3. The van der Waals surface area contributed by atoms with Gasteiger partial charge in [0.15, 0.2) is 0 Å². The molecule has 1 aliphatic rings. The second-order valence-electron chi connectivity index (χ2n) is 2.42. The molecule has 1 amide bonds. The van der Waals surface area contributed by atoms with E-state index in [1.807, 2.05) is 0 Å². The Morgan fingerprint density at radius 2 is 2.60 bits per heavy atom. The van der Waals surface area contributed by atoms with Gasteiger partial charge < -0.3 is 15.2 Å². The zero-order valence-corrected chi connectivity index (χ0v) is 5.67. The molecule has 0 aromatic carbocycles. The number of carboxylic acid groups (broad SMARTS) is 1. The van der Waals surface area contributed by atoms with Gasteiger partial charge in [-0.2, -0.15) is 0 Å². The minimum atomic E-state index is -0.952. The second-order valence-corrected chi connectivity index (χ2v) is 2.42. The summed E-state index contributed by atoms with van der Waals surface area (Å²) in [5.74, 6) is 0.385. The highest BCUT2D eigenvalue weighted by atomic mass is 16.5. The molecule has 0 aromatic rings. The SMILES string of the molecule is O=C(O)NCC1CCOC1. The van der Waals surface area contributed by atoms with Crippen LogP contribution in [0.25, 0.3) is 0 Å². The van der Waals surface area contributed by atoms with Crippen LogP contribution in [0.15, 0.2) is 0 Å². The van der Waals surface area contributed by atoms with Gasteiger partial charge in [0, 0.05) is 19.1 Å². The molecule has 1 saturated heterocycles. The summed E-state index contributed by atoms with van der Waals surface area (Å²) in [5, 5.41) is 10.5. The number of ether oxygens (including phenoxy) is 1. The lowest BCUT2D eigenvalue weighted by atomic mass is 10.1. The number of rotatable bonds is 2. The third-order valence-electron chi connectivity index (χ3n) is 1.57. The van der Waals surface area contributed by atoms with Crippen molar-refractivity contribution in [2.75, 3.05) is 19.8 Å². The van der Waals surface area contributed by atoms with Crippen molar-refractivity contribution in [3.8, 4) is 0 Å². The molecule has 1 atom stereocenters. The van der Waals surface area contributed by atoms with Crippen LogP contribution in [0, 0.1) is 5.92 Å². The van der Waals surface area contributed by atoms with Crippen molar-refractivity contribution < 1.29 is 14.6 Å². The predicted molar refractivity (Wildman–Crippen MR) is 35.0 cm³/mol. The van der Waals surface area contributed by atoms with Gasteiger partial charge in [-0.25, -0.2) is 4.79 Å². The minimum absolute atomic E-state index is 0.385. The fourth-order valence-corrected chi connectivity index (χ4v) is 0.976. The van der Waals surface area contributed by atoms with E-state index in [0.29, 0.717) is 19.1 Å². The summed E-state index contributed by atoms with van der Waals surface area (Å²) >= 11 is 0. The maximum Gasteiger partial charge on any atom is 0.404 e. The molecule has 0 aromatic heterocycles. The number of hydrogen-bond donors (Lipinski definition) is 2. The zero-order valence-electron chi connectivity index (χ0n) is 5.67. The maximum absolute atomic E-state index is 10.0. The molecule has 1 aliphatic heterocycles. The van der Waals surface area contributed by atoms with E-state index in [4.69, 9.17) is 9.84 Å². The monoisotopic (exact) mass is 145 g/mol. The van der Waals surface area contributed by atoms with Gasteiger partial charge in [0.1, 0.15) is 0 Å². The normalized spacial score (nSPS) is 24.6. The molecule has 0 radical (unpaired) electrons. The highest BCUT2D eigenvalue weighted by Crippen LogP contribution is 2.10. The van der Waals surface area contributed by atoms with E-state index in [-0.39, 0.29) is 0 Å². The van der Waals surface area contributed by atoms with Gasteiger partial charge in [-0.3, -0.25) is 0 Å². The number of amides is 1. The fraction of sp³-hybridized carbons (Fsp3) is 0.833. The highest BCUT2D eigenvalue weighted by Gasteiger charge is 2.15. The number of hydrogen-bond acceptors (Lipinski definition) is 2. The van der Waals surface area contributed by atoms with Crippen molar-refractivity contribution >= 4 is 6.09 Å². The van der Waals surface area contributed by atoms with E-state index in [2.05, 4.69) is 5.32 Å². The lowest BCUT2D eigenvalue weighted by Crippen LogP contribution is -2.27. The van der Waals surface area contributed by atoms with Crippen molar-refractivity contribution in [3.05, 3.63) is 0 Å². The molecule has 4 heteroatoms. The average Bonchev–Trinajstić information content (AvgIpc) is 2.34. The summed E-state index contributed by atoms with van der Waals surface area (Å²) < 4.78 is 5.06. The van der Waals surface area contributed by atoms with Crippen molar-refractivity contribution in [1.29, 1.82) is 0 Å². The van der Waals surface area contributed by atoms with Crippen LogP contribution in [-0.4, -0.2) is 31.0 Å². The Morgan fingerprint density at radius 3 is 3.10 bits per heavy atom. The molecule has 1 unspecified atom stereocenters. The van der Waals surface area contributed by atoms with Crippen LogP contribution >= 0.6 is 0 Å². The molecule has 0 bridgehead atoms. The van der Waals surface area contributed by atoms with Gasteiger partial charge in [0.25, 0.3) is 0 Å². The van der Waals surface area contributed by atoms with Crippen LogP contribution in [0.2, 0.25) is 0 Å². The molecule has 1 heterocycles.